The standard InChI is InChI=1S/C8H6ClN3O/c9-12-6-4-2-1-3-5(6)7(11-10)8(12)13/h1-4,10,13H. The summed E-state index contributed by atoms with van der Waals surface area (Å²) in [7, 11) is 0. The van der Waals surface area contributed by atoms with Gasteiger partial charge in [-0.3, -0.25) is 0 Å². The Hall–Kier alpha value is -1.55. The molecule has 0 bridgehead atoms. The van der Waals surface area contributed by atoms with Crippen LogP contribution in [0.5, 0.6) is 5.88 Å². The van der Waals surface area contributed by atoms with Gasteiger partial charge in [-0.15, -0.1) is 0 Å². The normalized spacial score (nSPS) is 10.5. The van der Waals surface area contributed by atoms with Crippen LogP contribution in [-0.4, -0.2) is 9.19 Å². The first-order valence-electron chi connectivity index (χ1n) is 3.61. The first kappa shape index (κ1) is 8.07. The lowest BCUT2D eigenvalue weighted by Gasteiger charge is -1.91. The minimum atomic E-state index is -0.196. The molecule has 1 aromatic carbocycles. The second kappa shape index (κ2) is 2.74. The van der Waals surface area contributed by atoms with E-state index in [2.05, 4.69) is 5.11 Å². The third-order valence-electron chi connectivity index (χ3n) is 1.88. The maximum absolute atomic E-state index is 9.44. The van der Waals surface area contributed by atoms with Crippen LogP contribution in [0.2, 0.25) is 0 Å². The summed E-state index contributed by atoms with van der Waals surface area (Å²) in [6.45, 7) is 0. The molecule has 0 aliphatic heterocycles. The van der Waals surface area contributed by atoms with E-state index in [1.165, 1.54) is 0 Å². The molecule has 0 saturated heterocycles. The number of nitrogens with one attached hydrogen (secondary N) is 1. The number of benzene rings is 1. The fraction of sp³-hybridized carbons (Fsp3) is 0. The molecular formula is C8H6ClN3O. The van der Waals surface area contributed by atoms with Crippen LogP contribution in [0, 0.1) is 5.53 Å². The average molecular weight is 196 g/mol. The van der Waals surface area contributed by atoms with E-state index in [4.69, 9.17) is 17.3 Å². The molecule has 2 aromatic rings. The Morgan fingerprint density at radius 3 is 2.77 bits per heavy atom. The van der Waals surface area contributed by atoms with Gasteiger partial charge in [0.15, 0.2) is 5.69 Å². The molecule has 0 unspecified atom stereocenters. The number of rotatable bonds is 1. The number of halogens is 1. The Labute approximate surface area is 79.0 Å². The zero-order valence-electron chi connectivity index (χ0n) is 6.53. The number of aromatic nitrogens is 1. The fourth-order valence-corrected chi connectivity index (χ4v) is 1.51. The second-order valence-electron chi connectivity index (χ2n) is 2.58. The van der Waals surface area contributed by atoms with E-state index in [0.29, 0.717) is 10.9 Å². The van der Waals surface area contributed by atoms with Crippen molar-refractivity contribution in [3.8, 4) is 5.88 Å². The van der Waals surface area contributed by atoms with Crippen LogP contribution in [0.1, 0.15) is 0 Å². The Kier molecular flexibility index (Phi) is 1.70. The summed E-state index contributed by atoms with van der Waals surface area (Å²) in [6.07, 6.45) is 0. The molecule has 2 rings (SSSR count). The van der Waals surface area contributed by atoms with Crippen LogP contribution in [0.25, 0.3) is 10.9 Å². The van der Waals surface area contributed by atoms with E-state index in [1.807, 2.05) is 0 Å². The molecule has 0 fully saturated rings. The van der Waals surface area contributed by atoms with Crippen molar-refractivity contribution in [2.75, 3.05) is 0 Å². The van der Waals surface area contributed by atoms with E-state index >= 15 is 0 Å². The molecule has 0 atom stereocenters. The highest BCUT2D eigenvalue weighted by Crippen LogP contribution is 2.38. The summed E-state index contributed by atoms with van der Waals surface area (Å²) < 4.78 is 1.09. The number of para-hydroxylation sites is 1. The molecule has 66 valence electrons. The molecule has 0 radical (unpaired) electrons. The number of fused-ring (bicyclic) bond motifs is 1. The topological polar surface area (TPSA) is 61.4 Å². The maximum atomic E-state index is 9.44. The highest BCUT2D eigenvalue weighted by molar-refractivity contribution is 6.21. The minimum absolute atomic E-state index is 0.196. The number of hydrogen-bond donors (Lipinski definition) is 2. The first-order chi connectivity index (χ1) is 6.25. The molecular weight excluding hydrogens is 190 g/mol. The Morgan fingerprint density at radius 2 is 2.08 bits per heavy atom. The summed E-state index contributed by atoms with van der Waals surface area (Å²) in [5, 5.41) is 13.3. The van der Waals surface area contributed by atoms with E-state index in [0.717, 1.165) is 4.09 Å². The lowest BCUT2D eigenvalue weighted by Crippen LogP contribution is -1.75. The predicted octanol–water partition coefficient (Wildman–Crippen LogP) is 3.01. The van der Waals surface area contributed by atoms with Crippen molar-refractivity contribution in [1.82, 2.24) is 4.09 Å². The van der Waals surface area contributed by atoms with Gasteiger partial charge in [0.1, 0.15) is 0 Å². The SMILES string of the molecule is N=Nc1c(O)n(Cl)c2ccccc12. The van der Waals surface area contributed by atoms with Crippen molar-refractivity contribution in [2.45, 2.75) is 0 Å². The molecule has 0 aliphatic carbocycles. The van der Waals surface area contributed by atoms with Gasteiger partial charge < -0.3 is 5.11 Å². The third kappa shape index (κ3) is 0.990. The summed E-state index contributed by atoms with van der Waals surface area (Å²) >= 11 is 5.75. The van der Waals surface area contributed by atoms with Gasteiger partial charge in [-0.1, -0.05) is 18.2 Å². The molecule has 5 heteroatoms. The van der Waals surface area contributed by atoms with E-state index in [1.54, 1.807) is 24.3 Å². The van der Waals surface area contributed by atoms with Crippen LogP contribution < -0.4 is 0 Å². The van der Waals surface area contributed by atoms with Crippen molar-refractivity contribution in [2.24, 2.45) is 5.11 Å². The summed E-state index contributed by atoms with van der Waals surface area (Å²) in [6, 6.07) is 7.10. The number of aromatic hydroxyl groups is 1. The average Bonchev–Trinajstić information content (AvgIpc) is 2.41. The fourth-order valence-electron chi connectivity index (χ4n) is 1.28. The van der Waals surface area contributed by atoms with Crippen molar-refractivity contribution >= 4 is 28.4 Å². The van der Waals surface area contributed by atoms with Gasteiger partial charge >= 0.3 is 0 Å². The van der Waals surface area contributed by atoms with Crippen LogP contribution in [0.15, 0.2) is 29.4 Å². The number of hydrogen-bond acceptors (Lipinski definition) is 3. The van der Waals surface area contributed by atoms with Crippen LogP contribution in [0.4, 0.5) is 5.69 Å². The van der Waals surface area contributed by atoms with Crippen LogP contribution in [0.3, 0.4) is 0 Å². The van der Waals surface area contributed by atoms with Crippen molar-refractivity contribution in [3.63, 3.8) is 0 Å². The number of nitrogens with zero attached hydrogens (tertiary/aromatic N) is 2. The maximum Gasteiger partial charge on any atom is 0.235 e. The molecule has 1 aromatic heterocycles. The third-order valence-corrected chi connectivity index (χ3v) is 2.22. The molecule has 0 aliphatic rings. The minimum Gasteiger partial charge on any atom is -0.492 e. The predicted molar refractivity (Wildman–Crippen MR) is 49.7 cm³/mol. The van der Waals surface area contributed by atoms with Gasteiger partial charge in [0.25, 0.3) is 0 Å². The largest absolute Gasteiger partial charge is 0.492 e. The molecule has 1 heterocycles. The van der Waals surface area contributed by atoms with E-state index in [-0.39, 0.29) is 11.6 Å². The quantitative estimate of drug-likeness (QED) is 0.675. The van der Waals surface area contributed by atoms with Crippen molar-refractivity contribution < 1.29 is 5.11 Å². The van der Waals surface area contributed by atoms with E-state index < -0.39 is 0 Å². The Bertz CT molecular complexity index is 477. The molecule has 0 saturated carbocycles. The van der Waals surface area contributed by atoms with Gasteiger partial charge in [0.05, 0.1) is 5.52 Å². The molecule has 0 spiro atoms. The van der Waals surface area contributed by atoms with Gasteiger partial charge in [-0.05, 0) is 6.07 Å². The second-order valence-corrected chi connectivity index (χ2v) is 2.92. The van der Waals surface area contributed by atoms with Crippen LogP contribution in [-0.2, 0) is 0 Å². The zero-order valence-corrected chi connectivity index (χ0v) is 7.28. The molecule has 4 nitrogen and oxygen atoms in total. The zero-order chi connectivity index (χ0) is 9.42. The van der Waals surface area contributed by atoms with Crippen molar-refractivity contribution in [1.29, 1.82) is 5.53 Å². The summed E-state index contributed by atoms with van der Waals surface area (Å²) in [4.78, 5) is 0. The first-order valence-corrected chi connectivity index (χ1v) is 3.95. The molecule has 0 amide bonds. The highest BCUT2D eigenvalue weighted by atomic mass is 35.5. The monoisotopic (exact) mass is 195 g/mol. The lowest BCUT2D eigenvalue weighted by molar-refractivity contribution is 0.453. The van der Waals surface area contributed by atoms with Crippen LogP contribution >= 0.6 is 11.8 Å². The smallest absolute Gasteiger partial charge is 0.235 e. The molecule has 13 heavy (non-hydrogen) atoms. The summed E-state index contributed by atoms with van der Waals surface area (Å²) in [5.41, 5.74) is 7.72. The van der Waals surface area contributed by atoms with Gasteiger partial charge in [-0.25, -0.2) is 9.62 Å². The Morgan fingerprint density at radius 1 is 1.38 bits per heavy atom. The summed E-state index contributed by atoms with van der Waals surface area (Å²) in [5.74, 6) is -0.196. The van der Waals surface area contributed by atoms with Gasteiger partial charge in [-0.2, -0.15) is 5.11 Å². The van der Waals surface area contributed by atoms with E-state index in [9.17, 15) is 5.11 Å². The van der Waals surface area contributed by atoms with Gasteiger partial charge in [0.2, 0.25) is 5.88 Å². The van der Waals surface area contributed by atoms with Crippen molar-refractivity contribution in [3.05, 3.63) is 24.3 Å². The lowest BCUT2D eigenvalue weighted by atomic mass is 10.2. The Balaban J connectivity index is 2.98. The molecule has 2 N–H and O–H groups in total. The highest BCUT2D eigenvalue weighted by Gasteiger charge is 2.13. The van der Waals surface area contributed by atoms with Gasteiger partial charge in [0, 0.05) is 17.2 Å².